The van der Waals surface area contributed by atoms with E-state index < -0.39 is 0 Å². The van der Waals surface area contributed by atoms with Gasteiger partial charge in [-0.2, -0.15) is 0 Å². The summed E-state index contributed by atoms with van der Waals surface area (Å²) in [5.74, 6) is 0.948. The molecule has 2 fully saturated rings. The summed E-state index contributed by atoms with van der Waals surface area (Å²) in [5, 5.41) is 10.4. The van der Waals surface area contributed by atoms with Crippen molar-refractivity contribution in [3.8, 4) is 5.75 Å². The number of nitrogens with zero attached hydrogens (tertiary/aromatic N) is 3. The summed E-state index contributed by atoms with van der Waals surface area (Å²) < 4.78 is 6.05. The molecule has 1 aromatic carbocycles. The number of hydrogen-bond donors (Lipinski definition) is 1. The number of hydrogen-bond acceptors (Lipinski definition) is 5. The number of rotatable bonds is 1. The molecule has 5 rings (SSSR count). The van der Waals surface area contributed by atoms with Gasteiger partial charge in [0.25, 0.3) is 0 Å². The van der Waals surface area contributed by atoms with Crippen molar-refractivity contribution in [2.45, 2.75) is 51.3 Å². The molecule has 1 aromatic rings. The summed E-state index contributed by atoms with van der Waals surface area (Å²) in [7, 11) is 0. The third kappa shape index (κ3) is 2.52. The minimum absolute atomic E-state index is 0.0832. The van der Waals surface area contributed by atoms with E-state index in [2.05, 4.69) is 46.8 Å². The van der Waals surface area contributed by atoms with Crippen LogP contribution in [0.15, 0.2) is 23.9 Å². The normalized spacial score (nSPS) is 31.0. The van der Waals surface area contributed by atoms with Crippen LogP contribution in [-0.2, 0) is 0 Å². The summed E-state index contributed by atoms with van der Waals surface area (Å²) in [6, 6.07) is 5.29. The second kappa shape index (κ2) is 6.17. The molecule has 140 valence electrons. The second-order valence-electron chi connectivity index (χ2n) is 8.28. The molecule has 3 unspecified atom stereocenters. The monoisotopic (exact) mass is 355 g/mol. The fourth-order valence-electron chi connectivity index (χ4n) is 5.15. The van der Waals surface area contributed by atoms with Crippen LogP contribution in [0.25, 0.3) is 0 Å². The molecule has 0 spiro atoms. The van der Waals surface area contributed by atoms with E-state index in [9.17, 15) is 5.11 Å². The highest BCUT2D eigenvalue weighted by atomic mass is 16.5. The number of fused-ring (bicyclic) bond motifs is 4. The lowest BCUT2D eigenvalue weighted by atomic mass is 9.98. The molecule has 5 heteroatoms. The second-order valence-corrected chi connectivity index (χ2v) is 8.28. The Bertz CT molecular complexity index is 747. The molecule has 0 aromatic heterocycles. The smallest absolute Gasteiger partial charge is 0.143 e. The van der Waals surface area contributed by atoms with Gasteiger partial charge in [0.1, 0.15) is 12.4 Å². The maximum Gasteiger partial charge on any atom is 0.143 e. The van der Waals surface area contributed by atoms with Gasteiger partial charge in [0, 0.05) is 31.4 Å². The molecule has 0 amide bonds. The van der Waals surface area contributed by atoms with Gasteiger partial charge in [-0.05, 0) is 57.4 Å². The first-order valence-electron chi connectivity index (χ1n) is 10.0. The van der Waals surface area contributed by atoms with Crippen molar-refractivity contribution in [3.05, 3.63) is 29.5 Å². The average molecular weight is 355 g/mol. The molecule has 5 nitrogen and oxygen atoms in total. The topological polar surface area (TPSA) is 39.2 Å². The van der Waals surface area contributed by atoms with Crippen molar-refractivity contribution in [1.29, 1.82) is 0 Å². The van der Waals surface area contributed by atoms with Gasteiger partial charge in [-0.25, -0.2) is 0 Å². The predicted molar refractivity (Wildman–Crippen MR) is 104 cm³/mol. The van der Waals surface area contributed by atoms with Crippen LogP contribution in [0.1, 0.15) is 31.7 Å². The highest BCUT2D eigenvalue weighted by molar-refractivity contribution is 5.74. The fraction of sp³-hybridized carbons (Fsp3) is 0.619. The number of piperazine rings is 1. The minimum Gasteiger partial charge on any atom is -0.485 e. The van der Waals surface area contributed by atoms with Crippen LogP contribution in [0.5, 0.6) is 5.75 Å². The third-order valence-corrected chi connectivity index (χ3v) is 6.71. The zero-order chi connectivity index (χ0) is 17.8. The Kier molecular flexibility index (Phi) is 3.90. The average Bonchev–Trinajstić information content (AvgIpc) is 3.11. The van der Waals surface area contributed by atoms with Crippen LogP contribution < -0.4 is 14.5 Å². The SMILES string of the molecule is Cc1cc2c(cc1N1CCN3CCCC3C1)N1C(=CCC(O)C1C)CO2. The van der Waals surface area contributed by atoms with Gasteiger partial charge in [-0.15, -0.1) is 0 Å². The Labute approximate surface area is 155 Å². The number of aliphatic hydroxyl groups excluding tert-OH is 1. The molecule has 0 aliphatic carbocycles. The maximum absolute atomic E-state index is 10.4. The van der Waals surface area contributed by atoms with Crippen LogP contribution in [-0.4, -0.2) is 61.0 Å². The van der Waals surface area contributed by atoms with Crippen molar-refractivity contribution < 1.29 is 9.84 Å². The standard InChI is InChI=1S/C21H29N3O2/c1-14-10-21-19(24-15(2)20(25)6-5-17(24)13-26-21)11-18(14)23-9-8-22-7-3-4-16(22)12-23/h5,10-11,15-16,20,25H,3-4,6-9,12-13H2,1-2H3. The number of aryl methyl sites for hydroxylation is 1. The molecule has 3 atom stereocenters. The quantitative estimate of drug-likeness (QED) is 0.838. The highest BCUT2D eigenvalue weighted by Crippen LogP contribution is 2.43. The van der Waals surface area contributed by atoms with Gasteiger partial charge in [-0.3, -0.25) is 4.90 Å². The van der Waals surface area contributed by atoms with Gasteiger partial charge < -0.3 is 19.6 Å². The van der Waals surface area contributed by atoms with Crippen molar-refractivity contribution >= 4 is 11.4 Å². The highest BCUT2D eigenvalue weighted by Gasteiger charge is 2.35. The van der Waals surface area contributed by atoms with E-state index in [1.54, 1.807) is 0 Å². The zero-order valence-electron chi connectivity index (χ0n) is 15.8. The van der Waals surface area contributed by atoms with E-state index in [0.717, 1.165) is 24.5 Å². The molecule has 0 bridgehead atoms. The summed E-state index contributed by atoms with van der Waals surface area (Å²) in [5.41, 5.74) is 4.91. The lowest BCUT2D eigenvalue weighted by molar-refractivity contribution is 0.141. The molecular weight excluding hydrogens is 326 g/mol. The Hall–Kier alpha value is -1.72. The van der Waals surface area contributed by atoms with Gasteiger partial charge in [-0.1, -0.05) is 6.08 Å². The molecule has 0 saturated carbocycles. The van der Waals surface area contributed by atoms with Crippen LogP contribution in [0.2, 0.25) is 0 Å². The molecule has 2 saturated heterocycles. The Morgan fingerprint density at radius 3 is 2.92 bits per heavy atom. The van der Waals surface area contributed by atoms with Crippen molar-refractivity contribution in [2.75, 3.05) is 42.6 Å². The van der Waals surface area contributed by atoms with E-state index in [1.807, 2.05) is 0 Å². The first-order chi connectivity index (χ1) is 12.6. The Morgan fingerprint density at radius 1 is 1.15 bits per heavy atom. The Balaban J connectivity index is 1.51. The van der Waals surface area contributed by atoms with Crippen molar-refractivity contribution in [1.82, 2.24) is 4.90 Å². The van der Waals surface area contributed by atoms with Crippen LogP contribution in [0.4, 0.5) is 11.4 Å². The molecule has 0 radical (unpaired) electrons. The Morgan fingerprint density at radius 2 is 2.04 bits per heavy atom. The van der Waals surface area contributed by atoms with E-state index in [4.69, 9.17) is 4.74 Å². The fourth-order valence-corrected chi connectivity index (χ4v) is 5.15. The molecule has 26 heavy (non-hydrogen) atoms. The van der Waals surface area contributed by atoms with Gasteiger partial charge >= 0.3 is 0 Å². The molecule has 1 N–H and O–H groups in total. The van der Waals surface area contributed by atoms with E-state index in [1.165, 1.54) is 42.9 Å². The zero-order valence-corrected chi connectivity index (χ0v) is 15.8. The minimum atomic E-state index is -0.323. The van der Waals surface area contributed by atoms with Crippen LogP contribution >= 0.6 is 0 Å². The lowest BCUT2D eigenvalue weighted by Crippen LogP contribution is -2.50. The number of anilines is 2. The molecule has 4 aliphatic rings. The first-order valence-corrected chi connectivity index (χ1v) is 10.0. The summed E-state index contributed by atoms with van der Waals surface area (Å²) in [6.07, 6.45) is 5.19. The largest absolute Gasteiger partial charge is 0.485 e. The summed E-state index contributed by atoms with van der Waals surface area (Å²) in [6.45, 7) is 9.57. The van der Waals surface area contributed by atoms with Gasteiger partial charge in [0.15, 0.2) is 0 Å². The summed E-state index contributed by atoms with van der Waals surface area (Å²) >= 11 is 0. The summed E-state index contributed by atoms with van der Waals surface area (Å²) in [4.78, 5) is 7.50. The number of aliphatic hydroxyl groups is 1. The van der Waals surface area contributed by atoms with Crippen molar-refractivity contribution in [2.24, 2.45) is 0 Å². The van der Waals surface area contributed by atoms with Gasteiger partial charge in [0.2, 0.25) is 0 Å². The number of benzene rings is 1. The maximum atomic E-state index is 10.4. The van der Waals surface area contributed by atoms with Crippen LogP contribution in [0.3, 0.4) is 0 Å². The van der Waals surface area contributed by atoms with Gasteiger partial charge in [0.05, 0.1) is 23.5 Å². The first kappa shape index (κ1) is 16.5. The van der Waals surface area contributed by atoms with E-state index >= 15 is 0 Å². The molecular formula is C21H29N3O2. The van der Waals surface area contributed by atoms with Crippen LogP contribution in [0, 0.1) is 6.92 Å². The number of ether oxygens (including phenoxy) is 1. The third-order valence-electron chi connectivity index (χ3n) is 6.71. The van der Waals surface area contributed by atoms with Crippen molar-refractivity contribution in [3.63, 3.8) is 0 Å². The van der Waals surface area contributed by atoms with E-state index in [0.29, 0.717) is 19.1 Å². The predicted octanol–water partition coefficient (Wildman–Crippen LogP) is 2.52. The van der Waals surface area contributed by atoms with E-state index in [-0.39, 0.29) is 12.1 Å². The lowest BCUT2D eigenvalue weighted by Gasteiger charge is -2.44. The molecule has 4 heterocycles. The molecule has 4 aliphatic heterocycles.